The van der Waals surface area contributed by atoms with Crippen molar-refractivity contribution in [1.29, 1.82) is 0 Å². The molecule has 1 aromatic carbocycles. The van der Waals surface area contributed by atoms with Gasteiger partial charge in [-0.15, -0.1) is 0 Å². The van der Waals surface area contributed by atoms with Gasteiger partial charge in [0.2, 0.25) is 0 Å². The highest BCUT2D eigenvalue weighted by Crippen LogP contribution is 2.30. The van der Waals surface area contributed by atoms with Crippen LogP contribution in [0.2, 0.25) is 0 Å². The largest absolute Gasteiger partial charge is 0.416 e. The standard InChI is InChI=1S/C16H21F3N2/c17-16(18,19)14-8-4-7-13(9-14)11-15(21-20)10-12-5-2-1-3-6-12/h4-5,7-9,15,21H,1-3,6,10-11,20H2. The van der Waals surface area contributed by atoms with Crippen molar-refractivity contribution >= 4 is 0 Å². The Morgan fingerprint density at radius 3 is 2.62 bits per heavy atom. The molecular formula is C16H21F3N2. The van der Waals surface area contributed by atoms with Crippen molar-refractivity contribution in [3.05, 3.63) is 47.0 Å². The number of halogens is 3. The topological polar surface area (TPSA) is 38.0 Å². The average molecular weight is 298 g/mol. The summed E-state index contributed by atoms with van der Waals surface area (Å²) in [7, 11) is 0. The van der Waals surface area contributed by atoms with E-state index >= 15 is 0 Å². The van der Waals surface area contributed by atoms with E-state index in [1.807, 2.05) is 0 Å². The van der Waals surface area contributed by atoms with Crippen molar-refractivity contribution in [3.63, 3.8) is 0 Å². The Morgan fingerprint density at radius 1 is 1.19 bits per heavy atom. The summed E-state index contributed by atoms with van der Waals surface area (Å²) in [5, 5.41) is 0. The Morgan fingerprint density at radius 2 is 2.00 bits per heavy atom. The summed E-state index contributed by atoms with van der Waals surface area (Å²) in [5.74, 6) is 5.56. The predicted molar refractivity (Wildman–Crippen MR) is 77.4 cm³/mol. The molecule has 0 saturated heterocycles. The number of hydrazine groups is 1. The molecule has 0 aliphatic heterocycles. The average Bonchev–Trinajstić information content (AvgIpc) is 2.47. The number of hydrogen-bond acceptors (Lipinski definition) is 2. The monoisotopic (exact) mass is 298 g/mol. The number of benzene rings is 1. The molecule has 1 atom stereocenters. The first-order valence-corrected chi connectivity index (χ1v) is 7.29. The Hall–Kier alpha value is -1.33. The van der Waals surface area contributed by atoms with Crippen LogP contribution in [0.1, 0.15) is 43.2 Å². The lowest BCUT2D eigenvalue weighted by Gasteiger charge is -2.20. The van der Waals surface area contributed by atoms with Crippen LogP contribution in [0.25, 0.3) is 0 Å². The maximum atomic E-state index is 12.7. The summed E-state index contributed by atoms with van der Waals surface area (Å²) in [6.45, 7) is 0. The van der Waals surface area contributed by atoms with Gasteiger partial charge < -0.3 is 0 Å². The van der Waals surface area contributed by atoms with Gasteiger partial charge in [0.1, 0.15) is 0 Å². The van der Waals surface area contributed by atoms with Crippen molar-refractivity contribution in [2.45, 2.75) is 50.7 Å². The second-order valence-corrected chi connectivity index (χ2v) is 5.58. The zero-order valence-corrected chi connectivity index (χ0v) is 11.9. The zero-order valence-electron chi connectivity index (χ0n) is 11.9. The van der Waals surface area contributed by atoms with Crippen LogP contribution in [0, 0.1) is 0 Å². The van der Waals surface area contributed by atoms with Gasteiger partial charge in [-0.1, -0.05) is 29.8 Å². The molecule has 2 nitrogen and oxygen atoms in total. The predicted octanol–water partition coefficient (Wildman–Crippen LogP) is 3.97. The van der Waals surface area contributed by atoms with Gasteiger partial charge in [0, 0.05) is 6.04 Å². The van der Waals surface area contributed by atoms with Crippen LogP contribution >= 0.6 is 0 Å². The minimum absolute atomic E-state index is 0.0298. The van der Waals surface area contributed by atoms with Gasteiger partial charge in [-0.05, 0) is 50.2 Å². The Labute approximate surface area is 123 Å². The highest BCUT2D eigenvalue weighted by molar-refractivity contribution is 5.26. The first-order valence-electron chi connectivity index (χ1n) is 7.29. The van der Waals surface area contributed by atoms with E-state index in [1.165, 1.54) is 30.5 Å². The van der Waals surface area contributed by atoms with Crippen molar-refractivity contribution in [2.24, 2.45) is 5.84 Å². The van der Waals surface area contributed by atoms with Crippen molar-refractivity contribution in [2.75, 3.05) is 0 Å². The van der Waals surface area contributed by atoms with Gasteiger partial charge in [0.15, 0.2) is 0 Å². The summed E-state index contributed by atoms with van der Waals surface area (Å²) in [5.41, 5.74) is 4.14. The van der Waals surface area contributed by atoms with Gasteiger partial charge in [-0.2, -0.15) is 13.2 Å². The molecule has 0 spiro atoms. The van der Waals surface area contributed by atoms with Crippen LogP contribution in [0.15, 0.2) is 35.9 Å². The number of nitrogens with one attached hydrogen (secondary N) is 1. The highest BCUT2D eigenvalue weighted by Gasteiger charge is 2.30. The van der Waals surface area contributed by atoms with E-state index in [0.717, 1.165) is 25.3 Å². The summed E-state index contributed by atoms with van der Waals surface area (Å²) in [6.07, 6.45) is 3.81. The molecule has 2 rings (SSSR count). The van der Waals surface area contributed by atoms with Crippen LogP contribution in [0.3, 0.4) is 0 Å². The lowest BCUT2D eigenvalue weighted by molar-refractivity contribution is -0.137. The highest BCUT2D eigenvalue weighted by atomic mass is 19.4. The Bertz CT molecular complexity index is 495. The second-order valence-electron chi connectivity index (χ2n) is 5.58. The number of alkyl halides is 3. The summed E-state index contributed by atoms with van der Waals surface area (Å²) < 4.78 is 38.1. The molecule has 0 saturated carbocycles. The molecule has 0 fully saturated rings. The molecule has 116 valence electrons. The molecular weight excluding hydrogens is 277 g/mol. The number of rotatable bonds is 5. The maximum absolute atomic E-state index is 12.7. The number of hydrogen-bond donors (Lipinski definition) is 2. The smallest absolute Gasteiger partial charge is 0.271 e. The maximum Gasteiger partial charge on any atom is 0.416 e. The van der Waals surface area contributed by atoms with Crippen molar-refractivity contribution < 1.29 is 13.2 Å². The number of nitrogens with two attached hydrogens (primary N) is 1. The lowest BCUT2D eigenvalue weighted by atomic mass is 9.92. The molecule has 21 heavy (non-hydrogen) atoms. The van der Waals surface area contributed by atoms with Gasteiger partial charge in [0.05, 0.1) is 5.56 Å². The van der Waals surface area contributed by atoms with Crippen LogP contribution in [0.4, 0.5) is 13.2 Å². The fraction of sp³-hybridized carbons (Fsp3) is 0.500. The van der Waals surface area contributed by atoms with Gasteiger partial charge >= 0.3 is 6.18 Å². The Kier molecular flexibility index (Phi) is 5.42. The van der Waals surface area contributed by atoms with Crippen LogP contribution in [-0.2, 0) is 12.6 Å². The summed E-state index contributed by atoms with van der Waals surface area (Å²) in [4.78, 5) is 0. The van der Waals surface area contributed by atoms with E-state index in [2.05, 4.69) is 11.5 Å². The van der Waals surface area contributed by atoms with E-state index in [9.17, 15) is 13.2 Å². The second kappa shape index (κ2) is 7.09. The summed E-state index contributed by atoms with van der Waals surface area (Å²) >= 11 is 0. The third-order valence-corrected chi connectivity index (χ3v) is 3.87. The molecule has 0 heterocycles. The molecule has 0 bridgehead atoms. The number of allylic oxidation sites excluding steroid dienone is 1. The fourth-order valence-electron chi connectivity index (χ4n) is 2.76. The SMILES string of the molecule is NNC(CC1=CCCCC1)Cc1cccc(C(F)(F)F)c1. The molecule has 1 aromatic rings. The first kappa shape index (κ1) is 16.0. The molecule has 0 aromatic heterocycles. The quantitative estimate of drug-likeness (QED) is 0.490. The van der Waals surface area contributed by atoms with Crippen molar-refractivity contribution in [1.82, 2.24) is 5.43 Å². The van der Waals surface area contributed by atoms with Gasteiger partial charge in [-0.3, -0.25) is 11.3 Å². The lowest BCUT2D eigenvalue weighted by Crippen LogP contribution is -2.37. The van der Waals surface area contributed by atoms with Crippen molar-refractivity contribution in [3.8, 4) is 0 Å². The fourth-order valence-corrected chi connectivity index (χ4v) is 2.76. The molecule has 3 N–H and O–H groups in total. The van der Waals surface area contributed by atoms with E-state index in [0.29, 0.717) is 12.0 Å². The van der Waals surface area contributed by atoms with E-state index in [4.69, 9.17) is 5.84 Å². The third kappa shape index (κ3) is 4.86. The summed E-state index contributed by atoms with van der Waals surface area (Å²) in [6, 6.07) is 5.44. The molecule has 1 unspecified atom stereocenters. The minimum Gasteiger partial charge on any atom is -0.271 e. The molecule has 1 aliphatic rings. The van der Waals surface area contributed by atoms with Crippen LogP contribution < -0.4 is 11.3 Å². The van der Waals surface area contributed by atoms with E-state index in [1.54, 1.807) is 6.07 Å². The molecule has 0 radical (unpaired) electrons. The third-order valence-electron chi connectivity index (χ3n) is 3.87. The molecule has 0 amide bonds. The van der Waals surface area contributed by atoms with E-state index < -0.39 is 11.7 Å². The Balaban J connectivity index is 2.02. The van der Waals surface area contributed by atoms with Gasteiger partial charge in [-0.25, -0.2) is 0 Å². The first-order chi connectivity index (χ1) is 9.99. The van der Waals surface area contributed by atoms with Crippen LogP contribution in [0.5, 0.6) is 0 Å². The zero-order chi connectivity index (χ0) is 15.3. The van der Waals surface area contributed by atoms with Crippen LogP contribution in [-0.4, -0.2) is 6.04 Å². The minimum atomic E-state index is -4.30. The van der Waals surface area contributed by atoms with Gasteiger partial charge in [0.25, 0.3) is 0 Å². The van der Waals surface area contributed by atoms with E-state index in [-0.39, 0.29) is 6.04 Å². The molecule has 1 aliphatic carbocycles. The normalized spacial score (nSPS) is 17.4. The molecule has 5 heteroatoms.